The van der Waals surface area contributed by atoms with E-state index in [0.717, 1.165) is 51.4 Å². The molecule has 1 heterocycles. The van der Waals surface area contributed by atoms with Gasteiger partial charge in [-0.3, -0.25) is 9.69 Å². The fourth-order valence-corrected chi connectivity index (χ4v) is 3.63. The Balaban J connectivity index is 1.38. The van der Waals surface area contributed by atoms with Gasteiger partial charge in [0.15, 0.2) is 0 Å². The van der Waals surface area contributed by atoms with Gasteiger partial charge in [0.25, 0.3) is 5.91 Å². The van der Waals surface area contributed by atoms with Gasteiger partial charge in [-0.15, -0.1) is 0 Å². The number of amides is 1. The minimum absolute atomic E-state index is 0.0455. The number of aryl methyl sites for hydroxylation is 2. The molecule has 1 N–H and O–H groups in total. The zero-order valence-electron chi connectivity index (χ0n) is 14.5. The summed E-state index contributed by atoms with van der Waals surface area (Å²) in [7, 11) is 0. The summed E-state index contributed by atoms with van der Waals surface area (Å²) in [5.41, 5.74) is 5.62. The van der Waals surface area contributed by atoms with Crippen molar-refractivity contribution in [2.45, 2.75) is 25.8 Å². The molecule has 4 nitrogen and oxygen atoms in total. The van der Waals surface area contributed by atoms with Crippen LogP contribution in [0.15, 0.2) is 42.5 Å². The van der Waals surface area contributed by atoms with Gasteiger partial charge >= 0.3 is 0 Å². The second-order valence-electron chi connectivity index (χ2n) is 6.88. The number of benzene rings is 2. The van der Waals surface area contributed by atoms with E-state index in [0.29, 0.717) is 5.56 Å². The molecule has 1 fully saturated rings. The molecule has 0 aromatic heterocycles. The molecule has 0 saturated carbocycles. The lowest BCUT2D eigenvalue weighted by Gasteiger charge is -2.26. The lowest BCUT2D eigenvalue weighted by Crippen LogP contribution is -2.35. The van der Waals surface area contributed by atoms with Crippen LogP contribution in [-0.2, 0) is 24.1 Å². The van der Waals surface area contributed by atoms with Gasteiger partial charge in [-0.2, -0.15) is 0 Å². The topological polar surface area (TPSA) is 41.6 Å². The van der Waals surface area contributed by atoms with Crippen molar-refractivity contribution >= 4 is 11.6 Å². The van der Waals surface area contributed by atoms with E-state index in [2.05, 4.69) is 22.3 Å². The first-order chi connectivity index (χ1) is 12.3. The van der Waals surface area contributed by atoms with Gasteiger partial charge in [0.1, 0.15) is 0 Å². The lowest BCUT2D eigenvalue weighted by atomic mass is 10.1. The number of morpholine rings is 1. The van der Waals surface area contributed by atoms with E-state index >= 15 is 0 Å². The van der Waals surface area contributed by atoms with Crippen LogP contribution in [0.25, 0.3) is 0 Å². The normalized spacial score (nSPS) is 17.3. The highest BCUT2D eigenvalue weighted by atomic mass is 16.5. The summed E-state index contributed by atoms with van der Waals surface area (Å²) < 4.78 is 5.38. The molecule has 0 radical (unpaired) electrons. The lowest BCUT2D eigenvalue weighted by molar-refractivity contribution is 0.0342. The molecular formula is C21H24N2O2. The number of hydrogen-bond acceptors (Lipinski definition) is 3. The Hall–Kier alpha value is -2.17. The van der Waals surface area contributed by atoms with E-state index in [9.17, 15) is 4.79 Å². The van der Waals surface area contributed by atoms with Crippen molar-refractivity contribution in [3.8, 4) is 0 Å². The Bertz CT molecular complexity index is 749. The molecule has 4 rings (SSSR count). The molecule has 2 aromatic carbocycles. The molecular weight excluding hydrogens is 312 g/mol. The first-order valence-corrected chi connectivity index (χ1v) is 9.10. The molecule has 1 aliphatic carbocycles. The number of nitrogens with one attached hydrogen (secondary N) is 1. The number of anilines is 1. The third-order valence-corrected chi connectivity index (χ3v) is 5.08. The van der Waals surface area contributed by atoms with Gasteiger partial charge in [-0.25, -0.2) is 0 Å². The molecule has 1 saturated heterocycles. The Morgan fingerprint density at radius 2 is 1.76 bits per heavy atom. The molecule has 130 valence electrons. The van der Waals surface area contributed by atoms with Crippen molar-refractivity contribution in [3.63, 3.8) is 0 Å². The van der Waals surface area contributed by atoms with Crippen molar-refractivity contribution in [1.29, 1.82) is 0 Å². The van der Waals surface area contributed by atoms with Crippen molar-refractivity contribution < 1.29 is 9.53 Å². The minimum atomic E-state index is -0.0455. The fourth-order valence-electron chi connectivity index (χ4n) is 3.63. The first-order valence-electron chi connectivity index (χ1n) is 9.10. The molecule has 0 bridgehead atoms. The predicted molar refractivity (Wildman–Crippen MR) is 99.0 cm³/mol. The maximum atomic E-state index is 12.5. The van der Waals surface area contributed by atoms with E-state index in [1.807, 2.05) is 30.3 Å². The maximum absolute atomic E-state index is 12.5. The van der Waals surface area contributed by atoms with Crippen molar-refractivity contribution in [2.75, 3.05) is 31.6 Å². The fraction of sp³-hybridized carbons (Fsp3) is 0.381. The summed E-state index contributed by atoms with van der Waals surface area (Å²) in [6.07, 6.45) is 3.50. The molecule has 2 aliphatic rings. The van der Waals surface area contributed by atoms with E-state index in [4.69, 9.17) is 4.74 Å². The summed E-state index contributed by atoms with van der Waals surface area (Å²) in [5, 5.41) is 3.02. The van der Waals surface area contributed by atoms with Gasteiger partial charge in [0, 0.05) is 30.9 Å². The predicted octanol–water partition coefficient (Wildman–Crippen LogP) is 3.26. The van der Waals surface area contributed by atoms with E-state index in [1.165, 1.54) is 23.1 Å². The number of carbonyl (C=O) groups excluding carboxylic acids is 1. The monoisotopic (exact) mass is 336 g/mol. The molecule has 1 aliphatic heterocycles. The van der Waals surface area contributed by atoms with Crippen LogP contribution >= 0.6 is 0 Å². The molecule has 0 atom stereocenters. The van der Waals surface area contributed by atoms with Crippen LogP contribution in [0.1, 0.15) is 33.5 Å². The Morgan fingerprint density at radius 3 is 2.56 bits per heavy atom. The number of carbonyl (C=O) groups is 1. The summed E-state index contributed by atoms with van der Waals surface area (Å²) in [4.78, 5) is 14.9. The largest absolute Gasteiger partial charge is 0.379 e. The van der Waals surface area contributed by atoms with Crippen LogP contribution in [-0.4, -0.2) is 37.1 Å². The minimum Gasteiger partial charge on any atom is -0.379 e. The van der Waals surface area contributed by atoms with Gasteiger partial charge in [-0.1, -0.05) is 18.2 Å². The van der Waals surface area contributed by atoms with Crippen LogP contribution in [0.4, 0.5) is 5.69 Å². The molecule has 1 amide bonds. The standard InChI is InChI=1S/C21H24N2O2/c24-21(22-20-9-8-17-2-1-3-19(17)14-20)18-6-4-16(5-7-18)15-23-10-12-25-13-11-23/h4-9,14H,1-3,10-13,15H2,(H,22,24). The van der Waals surface area contributed by atoms with E-state index in [-0.39, 0.29) is 5.91 Å². The van der Waals surface area contributed by atoms with Gasteiger partial charge in [0.05, 0.1) is 13.2 Å². The molecule has 25 heavy (non-hydrogen) atoms. The first kappa shape index (κ1) is 16.3. The number of nitrogens with zero attached hydrogens (tertiary/aromatic N) is 1. The van der Waals surface area contributed by atoms with Crippen molar-refractivity contribution in [2.24, 2.45) is 0 Å². The Morgan fingerprint density at radius 1 is 1.00 bits per heavy atom. The Kier molecular flexibility index (Phi) is 4.81. The average Bonchev–Trinajstić information content (AvgIpc) is 3.11. The summed E-state index contributed by atoms with van der Waals surface area (Å²) in [5.74, 6) is -0.0455. The van der Waals surface area contributed by atoms with Crippen LogP contribution in [0, 0.1) is 0 Å². The number of ether oxygens (including phenoxy) is 1. The van der Waals surface area contributed by atoms with Crippen LogP contribution in [0.3, 0.4) is 0 Å². The number of hydrogen-bond donors (Lipinski definition) is 1. The Labute approximate surface area is 148 Å². The van der Waals surface area contributed by atoms with Crippen molar-refractivity contribution in [1.82, 2.24) is 4.90 Å². The van der Waals surface area contributed by atoms with Crippen LogP contribution < -0.4 is 5.32 Å². The molecule has 0 unspecified atom stereocenters. The highest BCUT2D eigenvalue weighted by Gasteiger charge is 2.13. The van der Waals surface area contributed by atoms with Gasteiger partial charge in [0.2, 0.25) is 0 Å². The quantitative estimate of drug-likeness (QED) is 0.932. The highest BCUT2D eigenvalue weighted by molar-refractivity contribution is 6.04. The zero-order valence-corrected chi connectivity index (χ0v) is 14.5. The van der Waals surface area contributed by atoms with Crippen LogP contribution in [0.2, 0.25) is 0 Å². The summed E-state index contributed by atoms with van der Waals surface area (Å²) in [6, 6.07) is 14.2. The van der Waals surface area contributed by atoms with Crippen molar-refractivity contribution in [3.05, 3.63) is 64.7 Å². The number of fused-ring (bicyclic) bond motifs is 1. The summed E-state index contributed by atoms with van der Waals surface area (Å²) in [6.45, 7) is 4.47. The van der Waals surface area contributed by atoms with Gasteiger partial charge in [-0.05, 0) is 60.2 Å². The average molecular weight is 336 g/mol. The second kappa shape index (κ2) is 7.38. The van der Waals surface area contributed by atoms with Crippen LogP contribution in [0.5, 0.6) is 0 Å². The zero-order chi connectivity index (χ0) is 17.1. The number of rotatable bonds is 4. The maximum Gasteiger partial charge on any atom is 0.255 e. The summed E-state index contributed by atoms with van der Waals surface area (Å²) >= 11 is 0. The third-order valence-electron chi connectivity index (χ3n) is 5.08. The highest BCUT2D eigenvalue weighted by Crippen LogP contribution is 2.25. The molecule has 2 aromatic rings. The van der Waals surface area contributed by atoms with E-state index < -0.39 is 0 Å². The SMILES string of the molecule is O=C(Nc1ccc2c(c1)CCC2)c1ccc(CN2CCOCC2)cc1. The molecule has 0 spiro atoms. The molecule has 4 heteroatoms. The smallest absolute Gasteiger partial charge is 0.255 e. The van der Waals surface area contributed by atoms with Gasteiger partial charge < -0.3 is 10.1 Å². The second-order valence-corrected chi connectivity index (χ2v) is 6.88. The third kappa shape index (κ3) is 3.91. The van der Waals surface area contributed by atoms with E-state index in [1.54, 1.807) is 0 Å².